The lowest BCUT2D eigenvalue weighted by Crippen LogP contribution is -2.37. The maximum absolute atomic E-state index is 13.3. The summed E-state index contributed by atoms with van der Waals surface area (Å²) in [5.41, 5.74) is 8.13. The molecule has 0 radical (unpaired) electrons. The second-order valence-corrected chi connectivity index (χ2v) is 8.46. The van der Waals surface area contributed by atoms with Gasteiger partial charge in [0.15, 0.2) is 5.78 Å². The van der Waals surface area contributed by atoms with E-state index in [1.54, 1.807) is 42.5 Å². The highest BCUT2D eigenvalue weighted by Gasteiger charge is 2.19. The fraction of sp³-hybridized carbons (Fsp3) is 0.138. The third-order valence-corrected chi connectivity index (χ3v) is 6.00. The summed E-state index contributed by atoms with van der Waals surface area (Å²) in [5, 5.41) is 7.64. The number of amides is 2. The van der Waals surface area contributed by atoms with Gasteiger partial charge >= 0.3 is 0 Å². The highest BCUT2D eigenvalue weighted by Crippen LogP contribution is 2.25. The first-order chi connectivity index (χ1) is 18.0. The number of nitrogens with one attached hydrogen (secondary N) is 2. The van der Waals surface area contributed by atoms with Gasteiger partial charge in [-0.25, -0.2) is 0 Å². The minimum Gasteiger partial charge on any atom is -0.325 e. The number of anilines is 2. The van der Waals surface area contributed by atoms with Crippen molar-refractivity contribution < 1.29 is 14.4 Å². The van der Waals surface area contributed by atoms with Crippen molar-refractivity contribution in [1.82, 2.24) is 0 Å². The zero-order valence-corrected chi connectivity index (χ0v) is 21.9. The van der Waals surface area contributed by atoms with E-state index < -0.39 is 11.9 Å². The maximum Gasteiger partial charge on any atom is 0.242 e. The Hall–Kier alpha value is -3.65. The van der Waals surface area contributed by atoms with E-state index >= 15 is 0 Å². The smallest absolute Gasteiger partial charge is 0.242 e. The molecule has 190 valence electrons. The number of thiol groups is 1. The number of ketones is 1. The van der Waals surface area contributed by atoms with E-state index in [1.165, 1.54) is 6.38 Å². The molecule has 0 heterocycles. The molecule has 0 bridgehead atoms. The fourth-order valence-electron chi connectivity index (χ4n) is 3.80. The normalized spacial score (nSPS) is 11.1. The summed E-state index contributed by atoms with van der Waals surface area (Å²) < 4.78 is 0. The first-order valence-electron chi connectivity index (χ1n) is 11.5. The molecule has 4 aromatic carbocycles. The van der Waals surface area contributed by atoms with Gasteiger partial charge in [0.25, 0.3) is 0 Å². The molecule has 4 aromatic rings. The van der Waals surface area contributed by atoms with Crippen molar-refractivity contribution in [2.24, 2.45) is 5.73 Å². The van der Waals surface area contributed by atoms with Crippen LogP contribution in [0, 0.1) is 0 Å². The Bertz CT molecular complexity index is 1390. The second kappa shape index (κ2) is 13.6. The Labute approximate surface area is 226 Å². The minimum absolute atomic E-state index is 0.148. The average molecular weight is 534 g/mol. The molecule has 8 heteroatoms. The van der Waals surface area contributed by atoms with Gasteiger partial charge in [0.05, 0.1) is 18.2 Å². The van der Waals surface area contributed by atoms with Crippen molar-refractivity contribution in [2.45, 2.75) is 12.5 Å². The summed E-state index contributed by atoms with van der Waals surface area (Å²) in [6.45, 7) is 0. The molecule has 37 heavy (non-hydrogen) atoms. The van der Waals surface area contributed by atoms with Crippen molar-refractivity contribution in [1.29, 1.82) is 0 Å². The monoisotopic (exact) mass is 533 g/mol. The first kappa shape index (κ1) is 27.9. The average Bonchev–Trinajstić information content (AvgIpc) is 2.94. The molecule has 0 fully saturated rings. The number of alkyl halides is 1. The van der Waals surface area contributed by atoms with Crippen LogP contribution in [0.2, 0.25) is 0 Å². The minimum atomic E-state index is -0.785. The summed E-state index contributed by atoms with van der Waals surface area (Å²) in [4.78, 5) is 38.5. The van der Waals surface area contributed by atoms with Gasteiger partial charge in [-0.1, -0.05) is 72.8 Å². The van der Waals surface area contributed by atoms with Crippen LogP contribution < -0.4 is 16.4 Å². The van der Waals surface area contributed by atoms with Crippen LogP contribution in [-0.2, 0) is 16.0 Å². The molecule has 1 unspecified atom stereocenters. The number of nitrogens with two attached hydrogens (primary N) is 1. The molecular formula is C29H28ClN3O3S. The van der Waals surface area contributed by atoms with E-state index in [4.69, 9.17) is 5.73 Å². The number of carbonyl (C=O) groups is 3. The van der Waals surface area contributed by atoms with Gasteiger partial charge in [-0.15, -0.1) is 11.6 Å². The van der Waals surface area contributed by atoms with Gasteiger partial charge in [-0.05, 0) is 34.5 Å². The molecule has 0 spiro atoms. The zero-order valence-electron chi connectivity index (χ0n) is 20.3. The largest absolute Gasteiger partial charge is 0.325 e. The molecule has 0 aliphatic carbocycles. The van der Waals surface area contributed by atoms with Gasteiger partial charge in [0.1, 0.15) is 0 Å². The SMILES string of the molecule is CCl.NC(CS)C(=O)Nc1ccc(NC(=O)Cc2cccc3ccccc23)c(C(=O)c2ccccc2)c1. The van der Waals surface area contributed by atoms with Crippen LogP contribution >= 0.6 is 24.2 Å². The number of benzene rings is 4. The third kappa shape index (κ3) is 7.20. The summed E-state index contributed by atoms with van der Waals surface area (Å²) in [6, 6.07) is 26.5. The highest BCUT2D eigenvalue weighted by molar-refractivity contribution is 7.80. The summed E-state index contributed by atoms with van der Waals surface area (Å²) in [5.74, 6) is -0.756. The lowest BCUT2D eigenvalue weighted by atomic mass is 10.00. The van der Waals surface area contributed by atoms with Crippen LogP contribution in [0.25, 0.3) is 10.8 Å². The Morgan fingerprint density at radius 2 is 1.54 bits per heavy atom. The summed E-state index contributed by atoms with van der Waals surface area (Å²) in [6.07, 6.45) is 1.62. The molecule has 0 aliphatic heterocycles. The Kier molecular flexibility index (Phi) is 10.3. The van der Waals surface area contributed by atoms with Gasteiger partial charge in [0.2, 0.25) is 11.8 Å². The number of hydrogen-bond acceptors (Lipinski definition) is 5. The van der Waals surface area contributed by atoms with Gasteiger partial charge < -0.3 is 16.4 Å². The van der Waals surface area contributed by atoms with Crippen molar-refractivity contribution >= 4 is 64.0 Å². The van der Waals surface area contributed by atoms with Crippen LogP contribution in [0.4, 0.5) is 11.4 Å². The molecule has 1 atom stereocenters. The standard InChI is InChI=1S/C28H25N3O3S.CH3Cl/c29-24(17-35)28(34)30-21-13-14-25(23(16-21)27(33)19-8-2-1-3-9-19)31-26(32)15-20-11-6-10-18-7-4-5-12-22(18)20;1-2/h1-14,16,24,35H,15,17,29H2,(H,30,34)(H,31,32);1H3. The van der Waals surface area contributed by atoms with Crippen LogP contribution in [0.15, 0.2) is 91.0 Å². The Balaban J connectivity index is 0.00000186. The van der Waals surface area contributed by atoms with Crippen LogP contribution in [-0.4, -0.2) is 35.8 Å². The summed E-state index contributed by atoms with van der Waals surface area (Å²) in [7, 11) is 0. The predicted molar refractivity (Wildman–Crippen MR) is 155 cm³/mol. The van der Waals surface area contributed by atoms with Crippen molar-refractivity contribution in [3.05, 3.63) is 108 Å². The predicted octanol–water partition coefficient (Wildman–Crippen LogP) is 5.30. The lowest BCUT2D eigenvalue weighted by molar-refractivity contribution is -0.117. The number of carbonyl (C=O) groups excluding carboxylic acids is 3. The molecule has 0 saturated carbocycles. The van der Waals surface area contributed by atoms with E-state index in [0.29, 0.717) is 16.9 Å². The van der Waals surface area contributed by atoms with E-state index in [2.05, 4.69) is 34.9 Å². The number of rotatable bonds is 8. The molecular weight excluding hydrogens is 506 g/mol. The van der Waals surface area contributed by atoms with E-state index in [1.807, 2.05) is 48.5 Å². The first-order valence-corrected chi connectivity index (χ1v) is 12.9. The number of fused-ring (bicyclic) bond motifs is 1. The third-order valence-electron chi connectivity index (χ3n) is 5.61. The molecule has 2 amide bonds. The van der Waals surface area contributed by atoms with Gasteiger partial charge in [0, 0.05) is 29.0 Å². The lowest BCUT2D eigenvalue weighted by Gasteiger charge is -2.15. The molecule has 4 N–H and O–H groups in total. The molecule has 0 aliphatic rings. The Morgan fingerprint density at radius 3 is 2.27 bits per heavy atom. The van der Waals surface area contributed by atoms with Gasteiger partial charge in [-0.2, -0.15) is 12.6 Å². The van der Waals surface area contributed by atoms with Crippen molar-refractivity contribution in [2.75, 3.05) is 22.8 Å². The number of halogens is 1. The highest BCUT2D eigenvalue weighted by atomic mass is 35.5. The van der Waals surface area contributed by atoms with Crippen molar-refractivity contribution in [3.63, 3.8) is 0 Å². The Morgan fingerprint density at radius 1 is 0.865 bits per heavy atom. The quantitative estimate of drug-likeness (QED) is 0.140. The number of hydrogen-bond donors (Lipinski definition) is 4. The van der Waals surface area contributed by atoms with E-state index in [0.717, 1.165) is 16.3 Å². The molecule has 0 aromatic heterocycles. The maximum atomic E-state index is 13.3. The van der Waals surface area contributed by atoms with Crippen LogP contribution in [0.1, 0.15) is 21.5 Å². The van der Waals surface area contributed by atoms with E-state index in [9.17, 15) is 14.4 Å². The van der Waals surface area contributed by atoms with Crippen LogP contribution in [0.5, 0.6) is 0 Å². The molecule has 4 rings (SSSR count). The summed E-state index contributed by atoms with van der Waals surface area (Å²) >= 11 is 8.69. The molecule has 6 nitrogen and oxygen atoms in total. The second-order valence-electron chi connectivity index (χ2n) is 8.10. The fourth-order valence-corrected chi connectivity index (χ4v) is 3.96. The van der Waals surface area contributed by atoms with E-state index in [-0.39, 0.29) is 29.4 Å². The van der Waals surface area contributed by atoms with Gasteiger partial charge in [-0.3, -0.25) is 14.4 Å². The topological polar surface area (TPSA) is 101 Å². The zero-order chi connectivity index (χ0) is 26.8. The van der Waals surface area contributed by atoms with Crippen LogP contribution in [0.3, 0.4) is 0 Å². The van der Waals surface area contributed by atoms with Crippen molar-refractivity contribution in [3.8, 4) is 0 Å². The molecule has 0 saturated heterocycles.